The smallest absolute Gasteiger partial charge is 0.373 e. The molecule has 26 heavy (non-hydrogen) atoms. The number of hydrogen-bond donors (Lipinski definition) is 1. The van der Waals surface area contributed by atoms with E-state index in [-0.39, 0.29) is 18.7 Å². The molecule has 3 aliphatic rings. The molecule has 1 aromatic rings. The van der Waals surface area contributed by atoms with E-state index in [2.05, 4.69) is 5.32 Å². The maximum atomic E-state index is 12.6. The van der Waals surface area contributed by atoms with Gasteiger partial charge >= 0.3 is 11.9 Å². The van der Waals surface area contributed by atoms with Gasteiger partial charge in [0.05, 0.1) is 25.2 Å². The molecule has 0 saturated carbocycles. The van der Waals surface area contributed by atoms with E-state index < -0.39 is 40.2 Å². The molecule has 0 bridgehead atoms. The van der Waals surface area contributed by atoms with Gasteiger partial charge in [-0.25, -0.2) is 4.79 Å². The van der Waals surface area contributed by atoms with Crippen molar-refractivity contribution in [3.63, 3.8) is 0 Å². The first kappa shape index (κ1) is 16.9. The molecule has 1 N–H and O–H groups in total. The molecule has 8 nitrogen and oxygen atoms in total. The first-order chi connectivity index (χ1) is 12.5. The van der Waals surface area contributed by atoms with Crippen molar-refractivity contribution in [1.82, 2.24) is 10.2 Å². The van der Waals surface area contributed by atoms with Crippen LogP contribution >= 0.6 is 11.8 Å². The number of β-lactam (4-membered cyclic amide) rings is 1. The number of nitrogens with zero attached hydrogens (tertiary/aromatic N) is 1. The summed E-state index contributed by atoms with van der Waals surface area (Å²) in [7, 11) is 1.18. The van der Waals surface area contributed by atoms with Crippen LogP contribution in [0.4, 0.5) is 0 Å². The van der Waals surface area contributed by atoms with E-state index in [0.29, 0.717) is 0 Å². The van der Waals surface area contributed by atoms with E-state index in [1.165, 1.54) is 23.8 Å². The first-order valence-electron chi connectivity index (χ1n) is 8.09. The normalized spacial score (nSPS) is 31.6. The summed E-state index contributed by atoms with van der Waals surface area (Å²) in [5.41, 5.74) is -0.872. The molecule has 3 aliphatic heterocycles. The van der Waals surface area contributed by atoms with E-state index in [1.54, 1.807) is 0 Å². The lowest BCUT2D eigenvalue weighted by Crippen LogP contribution is -2.75. The van der Waals surface area contributed by atoms with E-state index in [9.17, 15) is 19.2 Å². The summed E-state index contributed by atoms with van der Waals surface area (Å²) in [6.45, 7) is 0. The predicted molar refractivity (Wildman–Crippen MR) is 89.5 cm³/mol. The standard InChI is InChI=1S/C17H16N2O6S/c1-24-16(23)17-10(8-12(21)25-17)26-15-13(14(22)19(15)17)18-11(20)7-9-5-3-2-4-6-9/h2-6,10,13,15H,7-8H2,1H3,(H,18,20)/t10-,13-,15-,17-/m1/s1. The summed E-state index contributed by atoms with van der Waals surface area (Å²) >= 11 is 1.28. The van der Waals surface area contributed by atoms with Gasteiger partial charge in [-0.3, -0.25) is 19.3 Å². The second-order valence-corrected chi connectivity index (χ2v) is 7.62. The number of thioether (sulfide) groups is 1. The molecular weight excluding hydrogens is 360 g/mol. The minimum absolute atomic E-state index is 0.0186. The molecule has 136 valence electrons. The van der Waals surface area contributed by atoms with Crippen molar-refractivity contribution >= 4 is 35.5 Å². The lowest BCUT2D eigenvalue weighted by Gasteiger charge is -2.46. The van der Waals surface area contributed by atoms with E-state index in [1.807, 2.05) is 30.3 Å². The highest BCUT2D eigenvalue weighted by Gasteiger charge is 2.75. The number of nitrogens with one attached hydrogen (secondary N) is 1. The molecule has 2 amide bonds. The van der Waals surface area contributed by atoms with Crippen LogP contribution in [-0.4, -0.2) is 58.2 Å². The maximum absolute atomic E-state index is 12.6. The summed E-state index contributed by atoms with van der Waals surface area (Å²) in [4.78, 5) is 50.0. The van der Waals surface area contributed by atoms with E-state index in [0.717, 1.165) is 5.56 Å². The van der Waals surface area contributed by atoms with Crippen LogP contribution in [0.5, 0.6) is 0 Å². The Morgan fingerprint density at radius 2 is 2.08 bits per heavy atom. The molecule has 0 unspecified atom stereocenters. The van der Waals surface area contributed by atoms with Crippen molar-refractivity contribution in [3.05, 3.63) is 35.9 Å². The molecule has 4 rings (SSSR count). The zero-order chi connectivity index (χ0) is 18.5. The molecule has 0 aromatic heterocycles. The van der Waals surface area contributed by atoms with Gasteiger partial charge in [0.1, 0.15) is 11.4 Å². The van der Waals surface area contributed by atoms with Crippen molar-refractivity contribution in [3.8, 4) is 0 Å². The van der Waals surface area contributed by atoms with Gasteiger partial charge in [-0.15, -0.1) is 11.8 Å². The van der Waals surface area contributed by atoms with Crippen LogP contribution in [0, 0.1) is 0 Å². The largest absolute Gasteiger partial charge is 0.465 e. The van der Waals surface area contributed by atoms with Crippen molar-refractivity contribution in [2.24, 2.45) is 0 Å². The van der Waals surface area contributed by atoms with Crippen LogP contribution < -0.4 is 5.32 Å². The number of hydrogen-bond acceptors (Lipinski definition) is 7. The Hall–Kier alpha value is -2.55. The van der Waals surface area contributed by atoms with Crippen LogP contribution in [0.1, 0.15) is 12.0 Å². The van der Waals surface area contributed by atoms with Crippen LogP contribution in [0.3, 0.4) is 0 Å². The third kappa shape index (κ3) is 2.30. The van der Waals surface area contributed by atoms with Gasteiger partial charge in [0.15, 0.2) is 0 Å². The monoisotopic (exact) mass is 376 g/mol. The molecule has 0 radical (unpaired) electrons. The van der Waals surface area contributed by atoms with Gasteiger partial charge in [0.2, 0.25) is 5.91 Å². The average Bonchev–Trinajstić information content (AvgIpc) is 3.09. The fraction of sp³-hybridized carbons (Fsp3) is 0.412. The summed E-state index contributed by atoms with van der Waals surface area (Å²) in [5, 5.41) is 1.72. The number of amides is 2. The number of methoxy groups -OCH3 is 1. The third-order valence-corrected chi connectivity index (χ3v) is 6.34. The molecule has 9 heteroatoms. The van der Waals surface area contributed by atoms with Crippen LogP contribution in [0.2, 0.25) is 0 Å². The highest BCUT2D eigenvalue weighted by atomic mass is 32.2. The number of carbonyl (C=O) groups excluding carboxylic acids is 4. The Morgan fingerprint density at radius 3 is 2.77 bits per heavy atom. The highest BCUT2D eigenvalue weighted by Crippen LogP contribution is 2.55. The zero-order valence-corrected chi connectivity index (χ0v) is 14.7. The summed E-state index contributed by atoms with van der Waals surface area (Å²) in [5.74, 6) is -2.05. The average molecular weight is 376 g/mol. The van der Waals surface area contributed by atoms with Gasteiger partial charge in [-0.1, -0.05) is 30.3 Å². The number of rotatable bonds is 4. The SMILES string of the molecule is COC(=O)[C@]12OC(=O)C[C@H]1S[C@@H]1[C@H](NC(=O)Cc3ccccc3)C(=O)N12. The fourth-order valence-electron chi connectivity index (χ4n) is 3.60. The second kappa shape index (κ2) is 6.01. The van der Waals surface area contributed by atoms with Gasteiger partial charge in [-0.05, 0) is 5.56 Å². The molecule has 3 heterocycles. The Balaban J connectivity index is 1.49. The Kier molecular flexibility index (Phi) is 3.91. The molecule has 0 aliphatic carbocycles. The predicted octanol–water partition coefficient (Wildman–Crippen LogP) is -0.186. The number of benzene rings is 1. The number of fused-ring (bicyclic) bond motifs is 3. The van der Waals surface area contributed by atoms with Crippen LogP contribution in [0.25, 0.3) is 0 Å². The molecule has 4 atom stereocenters. The molecule has 3 saturated heterocycles. The Bertz CT molecular complexity index is 800. The lowest BCUT2D eigenvalue weighted by atomic mass is 9.98. The molecule has 0 spiro atoms. The molecular formula is C17H16N2O6S. The topological polar surface area (TPSA) is 102 Å². The minimum atomic E-state index is -1.71. The Morgan fingerprint density at radius 1 is 1.35 bits per heavy atom. The second-order valence-electron chi connectivity index (χ2n) is 6.30. The Labute approximate surface area is 153 Å². The number of carbonyl (C=O) groups is 4. The number of ether oxygens (including phenoxy) is 2. The van der Waals surface area contributed by atoms with Gasteiger partial charge in [0.25, 0.3) is 11.6 Å². The third-order valence-electron chi connectivity index (χ3n) is 4.76. The molecule has 1 aromatic carbocycles. The van der Waals surface area contributed by atoms with Gasteiger partial charge in [-0.2, -0.15) is 0 Å². The first-order valence-corrected chi connectivity index (χ1v) is 9.04. The lowest BCUT2D eigenvalue weighted by molar-refractivity contribution is -0.206. The van der Waals surface area contributed by atoms with Crippen LogP contribution in [0.15, 0.2) is 30.3 Å². The quantitative estimate of drug-likeness (QED) is 0.574. The summed E-state index contributed by atoms with van der Waals surface area (Å²) in [6.07, 6.45) is 0.174. The van der Waals surface area contributed by atoms with E-state index >= 15 is 0 Å². The zero-order valence-electron chi connectivity index (χ0n) is 13.8. The van der Waals surface area contributed by atoms with Gasteiger partial charge in [0, 0.05) is 0 Å². The fourth-order valence-corrected chi connectivity index (χ4v) is 5.33. The van der Waals surface area contributed by atoms with Crippen LogP contribution in [-0.2, 0) is 35.1 Å². The van der Waals surface area contributed by atoms with E-state index in [4.69, 9.17) is 9.47 Å². The van der Waals surface area contributed by atoms with Crippen molar-refractivity contribution in [2.45, 2.75) is 35.2 Å². The minimum Gasteiger partial charge on any atom is -0.465 e. The highest BCUT2D eigenvalue weighted by molar-refractivity contribution is 8.01. The summed E-state index contributed by atoms with van der Waals surface area (Å²) in [6, 6.07) is 8.44. The maximum Gasteiger partial charge on any atom is 0.373 e. The number of esters is 2. The molecule has 3 fully saturated rings. The van der Waals surface area contributed by atoms with Crippen molar-refractivity contribution in [2.75, 3.05) is 7.11 Å². The van der Waals surface area contributed by atoms with Gasteiger partial charge < -0.3 is 14.8 Å². The summed E-state index contributed by atoms with van der Waals surface area (Å²) < 4.78 is 10.0. The van der Waals surface area contributed by atoms with Crippen molar-refractivity contribution < 1.29 is 28.7 Å². The van der Waals surface area contributed by atoms with Crippen molar-refractivity contribution in [1.29, 1.82) is 0 Å².